The van der Waals surface area contributed by atoms with E-state index in [0.29, 0.717) is 36.8 Å². The number of rotatable bonds is 12. The van der Waals surface area contributed by atoms with Gasteiger partial charge in [0.2, 0.25) is 0 Å². The Morgan fingerprint density at radius 1 is 0.765 bits per heavy atom. The van der Waals surface area contributed by atoms with E-state index in [9.17, 15) is 35.4 Å². The average molecular weight is 719 g/mol. The molecule has 2 heterocycles. The summed E-state index contributed by atoms with van der Waals surface area (Å²) in [6.07, 6.45) is -10.6. The second-order valence-electron chi connectivity index (χ2n) is 14.7. The number of ether oxygens (including phenoxy) is 5. The first-order valence-electron chi connectivity index (χ1n) is 17.7. The first-order chi connectivity index (χ1) is 24.3. The van der Waals surface area contributed by atoms with Crippen LogP contribution in [0.3, 0.4) is 0 Å². The normalized spacial score (nSPS) is 31.3. The van der Waals surface area contributed by atoms with Gasteiger partial charge in [0.1, 0.15) is 42.2 Å². The summed E-state index contributed by atoms with van der Waals surface area (Å²) in [6.45, 7) is 4.85. The molecule has 3 fully saturated rings. The van der Waals surface area contributed by atoms with Gasteiger partial charge in [-0.2, -0.15) is 0 Å². The van der Waals surface area contributed by atoms with Crippen LogP contribution >= 0.6 is 0 Å². The third-order valence-corrected chi connectivity index (χ3v) is 9.54. The van der Waals surface area contributed by atoms with Crippen LogP contribution in [0.5, 0.6) is 0 Å². The van der Waals surface area contributed by atoms with Crippen LogP contribution in [0.15, 0.2) is 60.7 Å². The second kappa shape index (κ2) is 17.9. The predicted octanol–water partition coefficient (Wildman–Crippen LogP) is 1.52. The molecule has 7 N–H and O–H groups in total. The van der Waals surface area contributed by atoms with Gasteiger partial charge in [-0.3, -0.25) is 4.90 Å². The quantitative estimate of drug-likeness (QED) is 0.167. The van der Waals surface area contributed by atoms with Gasteiger partial charge < -0.3 is 59.6 Å². The number of hydrogen-bond acceptors (Lipinski definition) is 13. The summed E-state index contributed by atoms with van der Waals surface area (Å²) in [5.41, 5.74) is 0.745. The maximum Gasteiger partial charge on any atom is 0.407 e. The highest BCUT2D eigenvalue weighted by atomic mass is 16.7. The molecule has 14 heteroatoms. The number of alkyl carbamates (subject to hydrolysis) is 1. The number of hydrogen-bond donors (Lipinski definition) is 7. The van der Waals surface area contributed by atoms with Gasteiger partial charge in [-0.05, 0) is 46.5 Å². The summed E-state index contributed by atoms with van der Waals surface area (Å²) in [7, 11) is 0. The molecule has 1 amide bonds. The van der Waals surface area contributed by atoms with Crippen LogP contribution in [-0.4, -0.2) is 134 Å². The molecule has 5 rings (SSSR count). The SMILES string of the molecule is CC(C)(C)OC(=O)N[C@H]1CC[C@H](N(C[C@H](O)[C@@H](O)[C@@H]2OC(c3ccccc3)OC[C@H]2O)C[C@H](O)[C@@H](O)[C@@H]2OC(c3ccccc3)OC[C@H]2O)CC1. The number of nitrogens with zero attached hydrogens (tertiary/aromatic N) is 1. The van der Waals surface area contributed by atoms with Gasteiger partial charge in [0.05, 0.1) is 25.4 Å². The number of nitrogens with one attached hydrogen (secondary N) is 1. The number of amides is 1. The van der Waals surface area contributed by atoms with Crippen LogP contribution in [0.1, 0.15) is 70.2 Å². The number of aliphatic hydroxyl groups is 6. The zero-order valence-corrected chi connectivity index (χ0v) is 29.4. The summed E-state index contributed by atoms with van der Waals surface area (Å²) in [5, 5.41) is 69.8. The Hall–Kier alpha value is -2.73. The minimum Gasteiger partial charge on any atom is -0.444 e. The van der Waals surface area contributed by atoms with E-state index in [1.165, 1.54) is 0 Å². The average Bonchev–Trinajstić information content (AvgIpc) is 3.11. The Bertz CT molecular complexity index is 1260. The first kappa shape index (κ1) is 39.5. The zero-order chi connectivity index (χ0) is 36.7. The molecule has 0 radical (unpaired) electrons. The molecule has 14 nitrogen and oxygen atoms in total. The van der Waals surface area contributed by atoms with E-state index in [0.717, 1.165) is 0 Å². The fourth-order valence-corrected chi connectivity index (χ4v) is 6.86. The molecule has 2 unspecified atom stereocenters. The molecular formula is C37H54N2O12. The highest BCUT2D eigenvalue weighted by Gasteiger charge is 2.43. The van der Waals surface area contributed by atoms with E-state index in [1.807, 2.05) is 36.4 Å². The second-order valence-corrected chi connectivity index (χ2v) is 14.7. The van der Waals surface area contributed by atoms with Gasteiger partial charge in [0, 0.05) is 36.3 Å². The third-order valence-electron chi connectivity index (χ3n) is 9.54. The van der Waals surface area contributed by atoms with Crippen molar-refractivity contribution in [2.75, 3.05) is 26.3 Å². The number of carbonyl (C=O) groups is 1. The first-order valence-corrected chi connectivity index (χ1v) is 17.7. The summed E-state index contributed by atoms with van der Waals surface area (Å²) in [6, 6.07) is 17.8. The summed E-state index contributed by atoms with van der Waals surface area (Å²) >= 11 is 0. The minimum atomic E-state index is -1.53. The maximum atomic E-state index is 12.4. The topological polar surface area (TPSA) is 200 Å². The lowest BCUT2D eigenvalue weighted by molar-refractivity contribution is -0.285. The molecule has 0 spiro atoms. The van der Waals surface area contributed by atoms with Gasteiger partial charge in [-0.25, -0.2) is 4.79 Å². The fraction of sp³-hybridized carbons (Fsp3) is 0.649. The standard InChI is InChI=1S/C37H54N2O12/c1-37(2,3)51-36(46)38-24-14-16-25(17-15-24)39(18-26(40)30(44)32-28(42)20-47-34(49-32)22-10-6-4-7-11-22)19-27(41)31(45)33-29(43)21-48-35(50-33)23-12-8-5-9-13-23/h4-13,24-35,40-45H,14-21H2,1-3H3,(H,38,46)/t24-,25-,26-,27-,28+,29+,30+,31+,32+,33+,34?,35?/m0/s1. The van der Waals surface area contributed by atoms with Crippen LogP contribution in [0, 0.1) is 0 Å². The lowest BCUT2D eigenvalue weighted by atomic mass is 9.89. The van der Waals surface area contributed by atoms with Gasteiger partial charge in [-0.1, -0.05) is 60.7 Å². The van der Waals surface area contributed by atoms with Crippen LogP contribution in [0.4, 0.5) is 4.79 Å². The molecular weight excluding hydrogens is 664 g/mol. The van der Waals surface area contributed by atoms with Gasteiger partial charge >= 0.3 is 6.09 Å². The van der Waals surface area contributed by atoms with Crippen molar-refractivity contribution in [3.05, 3.63) is 71.8 Å². The van der Waals surface area contributed by atoms with Crippen molar-refractivity contribution in [1.29, 1.82) is 0 Å². The molecule has 51 heavy (non-hydrogen) atoms. The Labute approximate surface area is 298 Å². The number of carbonyl (C=O) groups excluding carboxylic acids is 1. The largest absolute Gasteiger partial charge is 0.444 e. The Morgan fingerprint density at radius 2 is 1.20 bits per heavy atom. The van der Waals surface area contributed by atoms with E-state index in [4.69, 9.17) is 23.7 Å². The van der Waals surface area contributed by atoms with Crippen LogP contribution < -0.4 is 5.32 Å². The Balaban J connectivity index is 1.27. The molecule has 1 saturated carbocycles. The summed E-state index contributed by atoms with van der Waals surface area (Å²) in [4.78, 5) is 14.2. The van der Waals surface area contributed by atoms with Crippen molar-refractivity contribution in [1.82, 2.24) is 10.2 Å². The molecule has 1 aliphatic carbocycles. The lowest BCUT2D eigenvalue weighted by Crippen LogP contribution is -2.58. The minimum absolute atomic E-state index is 0.116. The number of benzene rings is 2. The highest BCUT2D eigenvalue weighted by Crippen LogP contribution is 2.32. The maximum absolute atomic E-state index is 12.4. The van der Waals surface area contributed by atoms with Crippen LogP contribution in [0.2, 0.25) is 0 Å². The van der Waals surface area contributed by atoms with Crippen molar-refractivity contribution >= 4 is 6.09 Å². The molecule has 0 aromatic heterocycles. The molecule has 2 aromatic rings. The van der Waals surface area contributed by atoms with Gasteiger partial charge in [0.15, 0.2) is 12.6 Å². The van der Waals surface area contributed by atoms with E-state index in [2.05, 4.69) is 5.32 Å². The number of aliphatic hydroxyl groups excluding tert-OH is 6. The smallest absolute Gasteiger partial charge is 0.407 e. The van der Waals surface area contributed by atoms with E-state index < -0.39 is 73.1 Å². The fourth-order valence-electron chi connectivity index (χ4n) is 6.86. The molecule has 2 aromatic carbocycles. The van der Waals surface area contributed by atoms with Crippen molar-refractivity contribution in [3.63, 3.8) is 0 Å². The van der Waals surface area contributed by atoms with Crippen molar-refractivity contribution < 1.29 is 59.1 Å². The molecule has 0 bridgehead atoms. The zero-order valence-electron chi connectivity index (χ0n) is 29.4. The van der Waals surface area contributed by atoms with E-state index >= 15 is 0 Å². The van der Waals surface area contributed by atoms with E-state index in [-0.39, 0.29) is 38.4 Å². The van der Waals surface area contributed by atoms with Crippen LogP contribution in [-0.2, 0) is 23.7 Å². The monoisotopic (exact) mass is 718 g/mol. The third kappa shape index (κ3) is 10.9. The van der Waals surface area contributed by atoms with Crippen molar-refractivity contribution in [3.8, 4) is 0 Å². The lowest BCUT2D eigenvalue weighted by Gasteiger charge is -2.43. The molecule has 284 valence electrons. The Kier molecular flexibility index (Phi) is 13.8. The summed E-state index contributed by atoms with van der Waals surface area (Å²) in [5.74, 6) is 0. The Morgan fingerprint density at radius 3 is 1.61 bits per heavy atom. The van der Waals surface area contributed by atoms with E-state index in [1.54, 1.807) is 49.9 Å². The van der Waals surface area contributed by atoms with Gasteiger partial charge in [-0.15, -0.1) is 0 Å². The predicted molar refractivity (Wildman–Crippen MR) is 183 cm³/mol. The molecule has 3 aliphatic rings. The molecule has 2 saturated heterocycles. The summed E-state index contributed by atoms with van der Waals surface area (Å²) < 4.78 is 28.6. The van der Waals surface area contributed by atoms with Crippen molar-refractivity contribution in [2.45, 2.75) is 126 Å². The van der Waals surface area contributed by atoms with Gasteiger partial charge in [0.25, 0.3) is 0 Å². The molecule has 10 atom stereocenters. The van der Waals surface area contributed by atoms with Crippen LogP contribution in [0.25, 0.3) is 0 Å². The van der Waals surface area contributed by atoms with Crippen molar-refractivity contribution in [2.24, 2.45) is 0 Å². The highest BCUT2D eigenvalue weighted by molar-refractivity contribution is 5.68. The molecule has 2 aliphatic heterocycles.